The molecule has 0 saturated carbocycles. The Morgan fingerprint density at radius 3 is 1.74 bits per heavy atom. The number of nitrogens with zero attached hydrogens (tertiary/aromatic N) is 1. The van der Waals surface area contributed by atoms with Crippen LogP contribution < -0.4 is 0 Å². The molecule has 1 heterocycles. The predicted octanol–water partition coefficient (Wildman–Crippen LogP) is 11.6. The van der Waals surface area contributed by atoms with Crippen LogP contribution in [0, 0.1) is 0 Å². The largest absolute Gasteiger partial charge is 0.309 e. The van der Waals surface area contributed by atoms with Crippen molar-refractivity contribution in [3.05, 3.63) is 164 Å². The summed E-state index contributed by atoms with van der Waals surface area (Å²) in [6.45, 7) is 0. The number of benzene rings is 8. The normalized spacial score (nSPS) is 11.7. The van der Waals surface area contributed by atoms with Gasteiger partial charge in [-0.05, 0) is 73.5 Å². The Hall–Kier alpha value is -5.66. The third-order valence-corrected chi connectivity index (χ3v) is 8.94. The van der Waals surface area contributed by atoms with E-state index in [0.717, 1.165) is 0 Å². The second-order valence-electron chi connectivity index (χ2n) is 11.3. The van der Waals surface area contributed by atoms with Gasteiger partial charge in [-0.1, -0.05) is 140 Å². The number of hydrogen-bond donors (Lipinski definition) is 0. The Bertz CT molecular complexity index is 2480. The monoisotopic (exact) mass is 545 g/mol. The van der Waals surface area contributed by atoms with Gasteiger partial charge < -0.3 is 4.57 Å². The molecule has 0 radical (unpaired) electrons. The summed E-state index contributed by atoms with van der Waals surface area (Å²) < 4.78 is 2.47. The van der Waals surface area contributed by atoms with E-state index in [-0.39, 0.29) is 0 Å². The molecular formula is C42H27N. The van der Waals surface area contributed by atoms with E-state index in [1.54, 1.807) is 0 Å². The highest BCUT2D eigenvalue weighted by atomic mass is 15.0. The molecule has 0 saturated heterocycles. The Kier molecular flexibility index (Phi) is 5.27. The molecule has 0 aliphatic rings. The minimum atomic E-state index is 1.17. The number of rotatable bonds is 3. The van der Waals surface area contributed by atoms with Gasteiger partial charge in [-0.15, -0.1) is 0 Å². The molecule has 9 rings (SSSR count). The molecule has 0 fully saturated rings. The van der Waals surface area contributed by atoms with Crippen LogP contribution >= 0.6 is 0 Å². The lowest BCUT2D eigenvalue weighted by Crippen LogP contribution is -1.97. The zero-order valence-corrected chi connectivity index (χ0v) is 23.5. The van der Waals surface area contributed by atoms with Gasteiger partial charge in [0, 0.05) is 21.8 Å². The zero-order chi connectivity index (χ0) is 28.3. The zero-order valence-electron chi connectivity index (χ0n) is 23.5. The van der Waals surface area contributed by atoms with E-state index in [4.69, 9.17) is 0 Å². The maximum atomic E-state index is 2.47. The molecule has 0 aliphatic carbocycles. The highest BCUT2D eigenvalue weighted by Crippen LogP contribution is 2.48. The smallest absolute Gasteiger partial charge is 0.0626 e. The summed E-state index contributed by atoms with van der Waals surface area (Å²) in [7, 11) is 0. The van der Waals surface area contributed by atoms with E-state index in [1.165, 1.54) is 82.1 Å². The van der Waals surface area contributed by atoms with E-state index in [9.17, 15) is 0 Å². The minimum absolute atomic E-state index is 1.17. The predicted molar refractivity (Wildman–Crippen MR) is 184 cm³/mol. The molecule has 0 bridgehead atoms. The van der Waals surface area contributed by atoms with Gasteiger partial charge in [-0.2, -0.15) is 0 Å². The lowest BCUT2D eigenvalue weighted by molar-refractivity contribution is 1.19. The topological polar surface area (TPSA) is 4.93 Å². The molecular weight excluding hydrogens is 518 g/mol. The van der Waals surface area contributed by atoms with Gasteiger partial charge >= 0.3 is 0 Å². The number of fused-ring (bicyclic) bond motifs is 7. The van der Waals surface area contributed by atoms with Crippen LogP contribution in [-0.4, -0.2) is 4.57 Å². The lowest BCUT2D eigenvalue weighted by atomic mass is 9.84. The molecule has 1 heteroatoms. The van der Waals surface area contributed by atoms with Crippen LogP contribution in [0.5, 0.6) is 0 Å². The van der Waals surface area contributed by atoms with Crippen molar-refractivity contribution in [1.82, 2.24) is 4.57 Å². The second-order valence-corrected chi connectivity index (χ2v) is 11.3. The van der Waals surface area contributed by atoms with E-state index < -0.39 is 0 Å². The van der Waals surface area contributed by atoms with E-state index in [0.29, 0.717) is 0 Å². The van der Waals surface area contributed by atoms with Crippen molar-refractivity contribution in [2.24, 2.45) is 0 Å². The third-order valence-electron chi connectivity index (χ3n) is 8.94. The summed E-state index contributed by atoms with van der Waals surface area (Å²) in [5, 5.41) is 10.1. The highest BCUT2D eigenvalue weighted by molar-refractivity contribution is 6.30. The summed E-state index contributed by atoms with van der Waals surface area (Å²) in [5.74, 6) is 0. The molecule has 0 spiro atoms. The van der Waals surface area contributed by atoms with Gasteiger partial charge in [0.25, 0.3) is 0 Å². The van der Waals surface area contributed by atoms with E-state index in [1.807, 2.05) is 0 Å². The quantitative estimate of drug-likeness (QED) is 0.195. The Morgan fingerprint density at radius 1 is 0.349 bits per heavy atom. The highest BCUT2D eigenvalue weighted by Gasteiger charge is 2.22. The molecule has 0 N–H and O–H groups in total. The summed E-state index contributed by atoms with van der Waals surface area (Å²) in [5.41, 5.74) is 8.66. The Balaban J connectivity index is 1.57. The van der Waals surface area contributed by atoms with Gasteiger partial charge in [0.1, 0.15) is 0 Å². The van der Waals surface area contributed by atoms with Crippen LogP contribution in [0.25, 0.3) is 82.1 Å². The van der Waals surface area contributed by atoms with Crippen molar-refractivity contribution in [1.29, 1.82) is 0 Å². The van der Waals surface area contributed by atoms with Crippen molar-refractivity contribution in [3.63, 3.8) is 0 Å². The third kappa shape index (κ3) is 3.58. The van der Waals surface area contributed by atoms with Gasteiger partial charge in [0.05, 0.1) is 11.0 Å². The fourth-order valence-corrected chi connectivity index (χ4v) is 7.12. The summed E-state index contributed by atoms with van der Waals surface area (Å²) in [6.07, 6.45) is 0. The van der Waals surface area contributed by atoms with Crippen LogP contribution in [-0.2, 0) is 0 Å². The summed E-state index contributed by atoms with van der Waals surface area (Å²) in [4.78, 5) is 0. The molecule has 0 unspecified atom stereocenters. The Morgan fingerprint density at radius 2 is 0.953 bits per heavy atom. The van der Waals surface area contributed by atoms with Crippen LogP contribution in [0.1, 0.15) is 0 Å². The second kappa shape index (κ2) is 9.44. The first-order chi connectivity index (χ1) is 21.4. The molecule has 1 aromatic heterocycles. The number of para-hydroxylation sites is 2. The van der Waals surface area contributed by atoms with Gasteiger partial charge in [-0.3, -0.25) is 0 Å². The average Bonchev–Trinajstić information content (AvgIpc) is 3.42. The van der Waals surface area contributed by atoms with Gasteiger partial charge in [-0.25, -0.2) is 0 Å². The summed E-state index contributed by atoms with van der Waals surface area (Å²) in [6, 6.07) is 59.7. The van der Waals surface area contributed by atoms with Gasteiger partial charge in [0.2, 0.25) is 0 Å². The van der Waals surface area contributed by atoms with Crippen molar-refractivity contribution < 1.29 is 0 Å². The molecule has 8 aromatic carbocycles. The van der Waals surface area contributed by atoms with Gasteiger partial charge in [0.15, 0.2) is 0 Å². The lowest BCUT2D eigenvalue weighted by Gasteiger charge is -2.20. The van der Waals surface area contributed by atoms with Crippen molar-refractivity contribution >= 4 is 54.1 Å². The average molecular weight is 546 g/mol. The van der Waals surface area contributed by atoms with Crippen LogP contribution in [0.4, 0.5) is 0 Å². The molecule has 0 aliphatic heterocycles. The first-order valence-corrected chi connectivity index (χ1v) is 14.9. The maximum absolute atomic E-state index is 2.47. The van der Waals surface area contributed by atoms with Crippen LogP contribution in [0.3, 0.4) is 0 Å². The first-order valence-electron chi connectivity index (χ1n) is 14.9. The van der Waals surface area contributed by atoms with E-state index in [2.05, 4.69) is 168 Å². The minimum Gasteiger partial charge on any atom is -0.309 e. The van der Waals surface area contributed by atoms with Crippen molar-refractivity contribution in [2.75, 3.05) is 0 Å². The maximum Gasteiger partial charge on any atom is 0.0626 e. The van der Waals surface area contributed by atoms with Crippen molar-refractivity contribution in [3.8, 4) is 27.9 Å². The molecule has 1 nitrogen and oxygen atoms in total. The standard InChI is InChI=1S/C42H27N/c1-3-14-29(15-4-1)40-35-21-10-9-20-34(35)39(31-24-23-28-13-7-8-16-30(28)27-31)37-26-25-36-33-19-11-12-22-38(33)43(42(36)41(37)40)32-17-5-2-6-18-32/h1-27H. The molecule has 0 amide bonds. The van der Waals surface area contributed by atoms with Crippen LogP contribution in [0.2, 0.25) is 0 Å². The first kappa shape index (κ1) is 24.0. The van der Waals surface area contributed by atoms with E-state index >= 15 is 0 Å². The SMILES string of the molecule is c1ccc(-c2c3ccccc3c(-c3ccc4ccccc4c3)c3ccc4c5ccccc5n(-c5ccccc5)c4c23)cc1. The number of aromatic nitrogens is 1. The fourth-order valence-electron chi connectivity index (χ4n) is 7.12. The Labute approximate surface area is 249 Å². The number of hydrogen-bond acceptors (Lipinski definition) is 0. The fraction of sp³-hybridized carbons (Fsp3) is 0. The molecule has 9 aromatic rings. The molecule has 0 atom stereocenters. The van der Waals surface area contributed by atoms with Crippen LogP contribution in [0.15, 0.2) is 164 Å². The molecule has 43 heavy (non-hydrogen) atoms. The van der Waals surface area contributed by atoms with Crippen molar-refractivity contribution in [2.45, 2.75) is 0 Å². The molecule has 200 valence electrons. The summed E-state index contributed by atoms with van der Waals surface area (Å²) >= 11 is 0.